The van der Waals surface area contributed by atoms with E-state index in [1.807, 2.05) is 18.2 Å². The Balaban J connectivity index is 1.92. The van der Waals surface area contributed by atoms with Gasteiger partial charge in [0.25, 0.3) is 0 Å². The highest BCUT2D eigenvalue weighted by Crippen LogP contribution is 2.22. The summed E-state index contributed by atoms with van der Waals surface area (Å²) < 4.78 is 0. The van der Waals surface area contributed by atoms with Crippen molar-refractivity contribution in [1.82, 2.24) is 10.2 Å². The number of anilines is 1. The van der Waals surface area contributed by atoms with Crippen LogP contribution in [-0.4, -0.2) is 30.7 Å². The lowest BCUT2D eigenvalue weighted by atomic mass is 10.2. The molecule has 1 aromatic carbocycles. The Hall–Kier alpha value is -1.43. The maximum atomic E-state index is 5.39. The van der Waals surface area contributed by atoms with E-state index in [0.717, 1.165) is 12.2 Å². The lowest BCUT2D eigenvalue weighted by Crippen LogP contribution is -2.36. The molecule has 3 nitrogen and oxygen atoms in total. The Morgan fingerprint density at radius 2 is 2.00 bits per heavy atom. The standard InChI is InChI=1S/C16H21N3S2/c1-12-7-4-5-8-13(12)18-16(20)17-11-14(19(2)3)15-9-6-10-21-15/h4-10,14H,11H2,1-3H3,(H2,17,18,20)/t14-/m0/s1. The van der Waals surface area contributed by atoms with Crippen LogP contribution in [0.15, 0.2) is 41.8 Å². The van der Waals surface area contributed by atoms with Gasteiger partial charge in [-0.2, -0.15) is 0 Å². The van der Waals surface area contributed by atoms with Crippen molar-refractivity contribution in [2.45, 2.75) is 13.0 Å². The summed E-state index contributed by atoms with van der Waals surface area (Å²) in [7, 11) is 4.17. The molecule has 1 atom stereocenters. The average Bonchev–Trinajstić information content (AvgIpc) is 2.95. The number of aryl methyl sites for hydroxylation is 1. The first-order chi connectivity index (χ1) is 10.1. The van der Waals surface area contributed by atoms with Gasteiger partial charge in [-0.05, 0) is 56.3 Å². The molecule has 5 heteroatoms. The van der Waals surface area contributed by atoms with Gasteiger partial charge in [0, 0.05) is 17.1 Å². The van der Waals surface area contributed by atoms with Crippen LogP contribution >= 0.6 is 23.6 Å². The van der Waals surface area contributed by atoms with E-state index in [4.69, 9.17) is 12.2 Å². The van der Waals surface area contributed by atoms with E-state index in [-0.39, 0.29) is 0 Å². The summed E-state index contributed by atoms with van der Waals surface area (Å²) >= 11 is 7.16. The normalized spacial score (nSPS) is 12.2. The number of rotatable bonds is 5. The Morgan fingerprint density at radius 3 is 2.62 bits per heavy atom. The van der Waals surface area contributed by atoms with Gasteiger partial charge in [-0.25, -0.2) is 0 Å². The van der Waals surface area contributed by atoms with E-state index in [0.29, 0.717) is 11.2 Å². The first kappa shape index (κ1) is 15.9. The highest BCUT2D eigenvalue weighted by molar-refractivity contribution is 7.80. The maximum Gasteiger partial charge on any atom is 0.170 e. The van der Waals surface area contributed by atoms with E-state index < -0.39 is 0 Å². The molecule has 21 heavy (non-hydrogen) atoms. The number of benzene rings is 1. The molecule has 0 spiro atoms. The molecular formula is C16H21N3S2. The van der Waals surface area contributed by atoms with Crippen molar-refractivity contribution in [2.24, 2.45) is 0 Å². The second-order valence-corrected chi connectivity index (χ2v) is 6.53. The monoisotopic (exact) mass is 319 g/mol. The summed E-state index contributed by atoms with van der Waals surface area (Å²) in [6, 6.07) is 12.7. The molecule has 0 unspecified atom stereocenters. The summed E-state index contributed by atoms with van der Waals surface area (Å²) in [4.78, 5) is 3.54. The van der Waals surface area contributed by atoms with E-state index >= 15 is 0 Å². The van der Waals surface area contributed by atoms with Crippen LogP contribution in [0, 0.1) is 6.92 Å². The SMILES string of the molecule is Cc1ccccc1NC(=S)NC[C@@H](c1cccs1)N(C)C. The van der Waals surface area contributed by atoms with Crippen molar-refractivity contribution in [1.29, 1.82) is 0 Å². The fourth-order valence-corrected chi connectivity index (χ4v) is 3.20. The van der Waals surface area contributed by atoms with Crippen LogP contribution in [0.3, 0.4) is 0 Å². The number of hydrogen-bond acceptors (Lipinski definition) is 3. The van der Waals surface area contributed by atoms with Gasteiger partial charge >= 0.3 is 0 Å². The van der Waals surface area contributed by atoms with Crippen LogP contribution in [0.4, 0.5) is 5.69 Å². The molecule has 2 rings (SSSR count). The van der Waals surface area contributed by atoms with Crippen molar-refractivity contribution in [3.63, 3.8) is 0 Å². The minimum absolute atomic E-state index is 0.321. The number of thiocarbonyl (C=S) groups is 1. The third-order valence-electron chi connectivity index (χ3n) is 3.34. The van der Waals surface area contributed by atoms with Gasteiger partial charge in [0.2, 0.25) is 0 Å². The number of para-hydroxylation sites is 1. The van der Waals surface area contributed by atoms with Crippen molar-refractivity contribution in [3.05, 3.63) is 52.2 Å². The quantitative estimate of drug-likeness (QED) is 0.823. The van der Waals surface area contributed by atoms with Crippen LogP contribution < -0.4 is 10.6 Å². The Morgan fingerprint density at radius 1 is 1.24 bits per heavy atom. The second-order valence-electron chi connectivity index (χ2n) is 5.14. The Kier molecular flexibility index (Phi) is 5.73. The molecule has 112 valence electrons. The molecule has 0 aliphatic heterocycles. The number of hydrogen-bond donors (Lipinski definition) is 2. The summed E-state index contributed by atoms with van der Waals surface area (Å²) in [5.41, 5.74) is 2.23. The Bertz CT molecular complexity index is 579. The number of nitrogens with zero attached hydrogens (tertiary/aromatic N) is 1. The number of likely N-dealkylation sites (N-methyl/N-ethyl adjacent to an activating group) is 1. The highest BCUT2D eigenvalue weighted by atomic mass is 32.1. The largest absolute Gasteiger partial charge is 0.360 e. The van der Waals surface area contributed by atoms with E-state index in [1.54, 1.807) is 11.3 Å². The van der Waals surface area contributed by atoms with Gasteiger partial charge in [0.15, 0.2) is 5.11 Å². The minimum Gasteiger partial charge on any atom is -0.360 e. The Labute approximate surface area is 136 Å². The third kappa shape index (κ3) is 4.52. The van der Waals surface area contributed by atoms with Crippen LogP contribution in [0.5, 0.6) is 0 Å². The zero-order chi connectivity index (χ0) is 15.2. The van der Waals surface area contributed by atoms with Crippen LogP contribution in [-0.2, 0) is 0 Å². The van der Waals surface area contributed by atoms with Crippen LogP contribution in [0.2, 0.25) is 0 Å². The predicted octanol–water partition coefficient (Wildman–Crippen LogP) is 3.65. The number of nitrogens with one attached hydrogen (secondary N) is 2. The predicted molar refractivity (Wildman–Crippen MR) is 96.1 cm³/mol. The van der Waals surface area contributed by atoms with Crippen molar-refractivity contribution in [2.75, 3.05) is 26.0 Å². The topological polar surface area (TPSA) is 27.3 Å². The van der Waals surface area contributed by atoms with Crippen molar-refractivity contribution < 1.29 is 0 Å². The zero-order valence-electron chi connectivity index (χ0n) is 12.6. The zero-order valence-corrected chi connectivity index (χ0v) is 14.2. The summed E-state index contributed by atoms with van der Waals surface area (Å²) in [6.07, 6.45) is 0. The van der Waals surface area contributed by atoms with Crippen molar-refractivity contribution in [3.8, 4) is 0 Å². The molecular weight excluding hydrogens is 298 g/mol. The third-order valence-corrected chi connectivity index (χ3v) is 4.56. The van der Waals surface area contributed by atoms with Gasteiger partial charge in [-0.15, -0.1) is 11.3 Å². The smallest absolute Gasteiger partial charge is 0.170 e. The fraction of sp³-hybridized carbons (Fsp3) is 0.312. The van der Waals surface area contributed by atoms with Crippen LogP contribution in [0.1, 0.15) is 16.5 Å². The van der Waals surface area contributed by atoms with Crippen molar-refractivity contribution >= 4 is 34.4 Å². The maximum absolute atomic E-state index is 5.39. The number of thiophene rings is 1. The first-order valence-electron chi connectivity index (χ1n) is 6.88. The van der Waals surface area contributed by atoms with Gasteiger partial charge < -0.3 is 15.5 Å². The molecule has 0 bridgehead atoms. The lowest BCUT2D eigenvalue weighted by Gasteiger charge is -2.24. The molecule has 0 saturated heterocycles. The van der Waals surface area contributed by atoms with Gasteiger partial charge in [-0.3, -0.25) is 0 Å². The summed E-state index contributed by atoms with van der Waals surface area (Å²) in [5, 5.41) is 9.34. The molecule has 0 amide bonds. The summed E-state index contributed by atoms with van der Waals surface area (Å²) in [5.74, 6) is 0. The van der Waals surface area contributed by atoms with E-state index in [9.17, 15) is 0 Å². The van der Waals surface area contributed by atoms with Gasteiger partial charge in [0.1, 0.15) is 0 Å². The molecule has 1 aromatic heterocycles. The molecule has 0 fully saturated rings. The highest BCUT2D eigenvalue weighted by Gasteiger charge is 2.15. The summed E-state index contributed by atoms with van der Waals surface area (Å²) in [6.45, 7) is 2.85. The van der Waals surface area contributed by atoms with E-state index in [2.05, 4.69) is 60.1 Å². The molecule has 0 aliphatic carbocycles. The van der Waals surface area contributed by atoms with Crippen LogP contribution in [0.25, 0.3) is 0 Å². The molecule has 2 aromatic rings. The first-order valence-corrected chi connectivity index (χ1v) is 8.17. The molecule has 0 radical (unpaired) electrons. The van der Waals surface area contributed by atoms with Gasteiger partial charge in [-0.1, -0.05) is 24.3 Å². The molecule has 0 saturated carbocycles. The van der Waals surface area contributed by atoms with E-state index in [1.165, 1.54) is 10.4 Å². The molecule has 1 heterocycles. The molecule has 0 aliphatic rings. The average molecular weight is 319 g/mol. The van der Waals surface area contributed by atoms with Gasteiger partial charge in [0.05, 0.1) is 6.04 Å². The second kappa shape index (κ2) is 7.54. The molecule has 2 N–H and O–H groups in total. The minimum atomic E-state index is 0.321. The lowest BCUT2D eigenvalue weighted by molar-refractivity contribution is 0.303. The fourth-order valence-electron chi connectivity index (χ4n) is 2.09.